The van der Waals surface area contributed by atoms with Gasteiger partial charge in [-0.3, -0.25) is 9.69 Å². The largest absolute Gasteiger partial charge is 0.350 e. The Kier molecular flexibility index (Phi) is 4.76. The molecule has 1 aliphatic carbocycles. The second-order valence-corrected chi connectivity index (χ2v) is 7.58. The molecule has 1 aliphatic heterocycles. The number of hydrogen-bond donors (Lipinski definition) is 0. The molecule has 3 heterocycles. The Labute approximate surface area is 154 Å². The standard InChI is InChI=1S/C20H27N5O/c1-15-12-19(22-14-21-15)25(16-6-7-16)17-8-10-24(11-9-17)13-18-4-3-5-20(26)23(18)2/h3-5,12,14,16-17H,6-11,13H2,1-2H3. The summed E-state index contributed by atoms with van der Waals surface area (Å²) >= 11 is 0. The summed E-state index contributed by atoms with van der Waals surface area (Å²) in [5.74, 6) is 1.09. The van der Waals surface area contributed by atoms with Gasteiger partial charge in [0.05, 0.1) is 0 Å². The minimum Gasteiger partial charge on any atom is -0.350 e. The van der Waals surface area contributed by atoms with E-state index in [1.807, 2.05) is 26.1 Å². The Morgan fingerprint density at radius 3 is 2.54 bits per heavy atom. The van der Waals surface area contributed by atoms with Gasteiger partial charge in [0.2, 0.25) is 5.56 Å². The molecule has 0 atom stereocenters. The minimum absolute atomic E-state index is 0.0661. The third-order valence-electron chi connectivity index (χ3n) is 5.62. The summed E-state index contributed by atoms with van der Waals surface area (Å²) in [7, 11) is 1.86. The van der Waals surface area contributed by atoms with Crippen molar-refractivity contribution < 1.29 is 0 Å². The van der Waals surface area contributed by atoms with E-state index in [1.54, 1.807) is 17.0 Å². The van der Waals surface area contributed by atoms with Crippen molar-refractivity contribution in [3.63, 3.8) is 0 Å². The Hall–Kier alpha value is -2.21. The molecule has 0 spiro atoms. The predicted octanol–water partition coefficient (Wildman–Crippen LogP) is 2.12. The summed E-state index contributed by atoms with van der Waals surface area (Å²) in [6.07, 6.45) is 6.51. The van der Waals surface area contributed by atoms with Gasteiger partial charge in [-0.25, -0.2) is 9.97 Å². The fraction of sp³-hybridized carbons (Fsp3) is 0.550. The highest BCUT2D eigenvalue weighted by atomic mass is 16.1. The number of hydrogen-bond acceptors (Lipinski definition) is 5. The monoisotopic (exact) mass is 353 g/mol. The van der Waals surface area contributed by atoms with Crippen LogP contribution in [0.4, 0.5) is 5.82 Å². The number of piperidine rings is 1. The van der Waals surface area contributed by atoms with Gasteiger partial charge >= 0.3 is 0 Å². The number of likely N-dealkylation sites (tertiary alicyclic amines) is 1. The lowest BCUT2D eigenvalue weighted by Gasteiger charge is -2.39. The van der Waals surface area contributed by atoms with Crippen LogP contribution in [0.5, 0.6) is 0 Å². The number of aryl methyl sites for hydroxylation is 1. The molecule has 6 nitrogen and oxygen atoms in total. The first kappa shape index (κ1) is 17.2. The Bertz CT molecular complexity index is 821. The zero-order valence-corrected chi connectivity index (χ0v) is 15.6. The van der Waals surface area contributed by atoms with Crippen LogP contribution in [0.3, 0.4) is 0 Å². The van der Waals surface area contributed by atoms with Gasteiger partial charge in [-0.15, -0.1) is 0 Å². The third kappa shape index (κ3) is 3.65. The summed E-state index contributed by atoms with van der Waals surface area (Å²) in [6.45, 7) is 4.99. The average molecular weight is 353 g/mol. The van der Waals surface area contributed by atoms with Crippen LogP contribution in [0.25, 0.3) is 0 Å². The molecule has 26 heavy (non-hydrogen) atoms. The molecule has 2 fully saturated rings. The molecule has 6 heteroatoms. The fourth-order valence-electron chi connectivity index (χ4n) is 3.96. The third-order valence-corrected chi connectivity index (χ3v) is 5.62. The van der Waals surface area contributed by atoms with Crippen molar-refractivity contribution in [2.45, 2.75) is 51.2 Å². The van der Waals surface area contributed by atoms with Gasteiger partial charge < -0.3 is 9.47 Å². The van der Waals surface area contributed by atoms with Crippen LogP contribution >= 0.6 is 0 Å². The Morgan fingerprint density at radius 2 is 1.85 bits per heavy atom. The van der Waals surface area contributed by atoms with Gasteiger partial charge in [-0.2, -0.15) is 0 Å². The normalized spacial score (nSPS) is 18.8. The van der Waals surface area contributed by atoms with Crippen molar-refractivity contribution in [2.75, 3.05) is 18.0 Å². The maximum atomic E-state index is 11.8. The molecule has 0 radical (unpaired) electrons. The molecule has 2 aromatic rings. The van der Waals surface area contributed by atoms with Crippen molar-refractivity contribution in [2.24, 2.45) is 7.05 Å². The Morgan fingerprint density at radius 1 is 1.12 bits per heavy atom. The fourth-order valence-corrected chi connectivity index (χ4v) is 3.96. The lowest BCUT2D eigenvalue weighted by molar-refractivity contribution is 0.196. The molecule has 1 saturated heterocycles. The van der Waals surface area contributed by atoms with E-state index in [0.717, 1.165) is 49.7 Å². The highest BCUT2D eigenvalue weighted by Gasteiger charge is 2.36. The number of anilines is 1. The van der Waals surface area contributed by atoms with Crippen LogP contribution in [0.1, 0.15) is 37.1 Å². The lowest BCUT2D eigenvalue weighted by atomic mass is 10.0. The number of nitrogens with zero attached hydrogens (tertiary/aromatic N) is 5. The van der Waals surface area contributed by atoms with E-state index in [0.29, 0.717) is 12.1 Å². The second kappa shape index (κ2) is 7.19. The summed E-state index contributed by atoms with van der Waals surface area (Å²) in [5, 5.41) is 0. The maximum absolute atomic E-state index is 11.8. The van der Waals surface area contributed by atoms with Crippen molar-refractivity contribution in [3.05, 3.63) is 52.3 Å². The summed E-state index contributed by atoms with van der Waals surface area (Å²) in [5.41, 5.74) is 2.18. The van der Waals surface area contributed by atoms with E-state index in [9.17, 15) is 4.79 Å². The van der Waals surface area contributed by atoms with Crippen LogP contribution in [-0.4, -0.2) is 44.6 Å². The summed E-state index contributed by atoms with van der Waals surface area (Å²) in [6, 6.07) is 8.84. The molecule has 0 amide bonds. The first-order valence-electron chi connectivity index (χ1n) is 9.56. The van der Waals surface area contributed by atoms with Crippen LogP contribution in [0.2, 0.25) is 0 Å². The zero-order valence-electron chi connectivity index (χ0n) is 15.6. The van der Waals surface area contributed by atoms with Gasteiger partial charge in [0.15, 0.2) is 0 Å². The van der Waals surface area contributed by atoms with Gasteiger partial charge in [-0.1, -0.05) is 6.07 Å². The highest BCUT2D eigenvalue weighted by molar-refractivity contribution is 5.43. The van der Waals surface area contributed by atoms with Crippen molar-refractivity contribution in [3.8, 4) is 0 Å². The SMILES string of the molecule is Cc1cc(N(C2CC2)C2CCN(Cc3cccc(=O)n3C)CC2)ncn1. The average Bonchev–Trinajstić information content (AvgIpc) is 3.46. The molecule has 2 aliphatic rings. The molecule has 1 saturated carbocycles. The van der Waals surface area contributed by atoms with Gasteiger partial charge in [0, 0.05) is 62.3 Å². The quantitative estimate of drug-likeness (QED) is 0.824. The van der Waals surface area contributed by atoms with Gasteiger partial charge in [0.1, 0.15) is 12.1 Å². The van der Waals surface area contributed by atoms with E-state index < -0.39 is 0 Å². The smallest absolute Gasteiger partial charge is 0.250 e. The maximum Gasteiger partial charge on any atom is 0.250 e. The van der Waals surface area contributed by atoms with E-state index in [4.69, 9.17) is 0 Å². The van der Waals surface area contributed by atoms with Crippen LogP contribution in [0.15, 0.2) is 35.4 Å². The van der Waals surface area contributed by atoms with Crippen LogP contribution in [-0.2, 0) is 13.6 Å². The molecule has 0 aromatic carbocycles. The number of pyridine rings is 1. The minimum atomic E-state index is 0.0661. The van der Waals surface area contributed by atoms with Crippen molar-refractivity contribution >= 4 is 5.82 Å². The molecule has 0 N–H and O–H groups in total. The zero-order chi connectivity index (χ0) is 18.1. The van der Waals surface area contributed by atoms with Crippen LogP contribution in [0, 0.1) is 6.92 Å². The molecule has 2 aromatic heterocycles. The number of aromatic nitrogens is 3. The van der Waals surface area contributed by atoms with Crippen LogP contribution < -0.4 is 10.5 Å². The van der Waals surface area contributed by atoms with Crippen molar-refractivity contribution in [1.82, 2.24) is 19.4 Å². The molecule has 4 rings (SSSR count). The summed E-state index contributed by atoms with van der Waals surface area (Å²) in [4.78, 5) is 25.6. The van der Waals surface area contributed by atoms with E-state index in [-0.39, 0.29) is 5.56 Å². The van der Waals surface area contributed by atoms with Gasteiger partial charge in [0.25, 0.3) is 0 Å². The lowest BCUT2D eigenvalue weighted by Crippen LogP contribution is -2.46. The topological polar surface area (TPSA) is 54.3 Å². The van der Waals surface area contributed by atoms with E-state index in [1.165, 1.54) is 12.8 Å². The Balaban J connectivity index is 1.42. The molecule has 138 valence electrons. The second-order valence-electron chi connectivity index (χ2n) is 7.58. The van der Waals surface area contributed by atoms with Gasteiger partial charge in [-0.05, 0) is 38.7 Å². The molecule has 0 unspecified atom stereocenters. The predicted molar refractivity (Wildman–Crippen MR) is 102 cm³/mol. The first-order chi connectivity index (χ1) is 12.6. The molecular formula is C20H27N5O. The van der Waals surface area contributed by atoms with E-state index >= 15 is 0 Å². The van der Waals surface area contributed by atoms with E-state index in [2.05, 4.69) is 25.8 Å². The first-order valence-corrected chi connectivity index (χ1v) is 9.56. The number of rotatable bonds is 5. The summed E-state index contributed by atoms with van der Waals surface area (Å²) < 4.78 is 1.76. The van der Waals surface area contributed by atoms with Crippen molar-refractivity contribution in [1.29, 1.82) is 0 Å². The molecule has 0 bridgehead atoms. The molecular weight excluding hydrogens is 326 g/mol. The highest BCUT2D eigenvalue weighted by Crippen LogP contribution is 2.35.